The molecular formula is C24H25NO4S2. The van der Waals surface area contributed by atoms with E-state index in [1.165, 1.54) is 22.2 Å². The zero-order valence-electron chi connectivity index (χ0n) is 17.8. The van der Waals surface area contributed by atoms with Crippen LogP contribution < -0.4 is 4.74 Å². The van der Waals surface area contributed by atoms with Crippen molar-refractivity contribution >= 4 is 46.3 Å². The second kappa shape index (κ2) is 9.66. The standard InChI is InChI=1S/C24H25NO4S2/c1-24(2,3)17-10-12-18(13-11-17)29-19-8-5-4-7-16(19)15-20-22(28)25(23(30)31-20)14-6-9-21(26)27/h4-5,7-8,10-13,15H,6,9,14H2,1-3H3,(H,26,27). The van der Waals surface area contributed by atoms with Gasteiger partial charge in [0.1, 0.15) is 15.8 Å². The lowest BCUT2D eigenvalue weighted by Gasteiger charge is -2.19. The number of para-hydroxylation sites is 1. The van der Waals surface area contributed by atoms with Gasteiger partial charge in [0.15, 0.2) is 0 Å². The summed E-state index contributed by atoms with van der Waals surface area (Å²) in [5, 5.41) is 8.81. The van der Waals surface area contributed by atoms with Crippen molar-refractivity contribution in [2.75, 3.05) is 6.54 Å². The summed E-state index contributed by atoms with van der Waals surface area (Å²) in [5.41, 5.74) is 2.06. The van der Waals surface area contributed by atoms with Crippen LogP contribution in [0.15, 0.2) is 53.4 Å². The molecule has 0 atom stereocenters. The van der Waals surface area contributed by atoms with Crippen molar-refractivity contribution < 1.29 is 19.4 Å². The van der Waals surface area contributed by atoms with Crippen LogP contribution >= 0.6 is 24.0 Å². The number of thiocarbonyl (C=S) groups is 1. The topological polar surface area (TPSA) is 66.8 Å². The summed E-state index contributed by atoms with van der Waals surface area (Å²) in [6, 6.07) is 15.5. The van der Waals surface area contributed by atoms with Crippen LogP contribution in [0.5, 0.6) is 11.5 Å². The van der Waals surface area contributed by atoms with Gasteiger partial charge in [0, 0.05) is 18.5 Å². The van der Waals surface area contributed by atoms with Crippen LogP contribution in [0.2, 0.25) is 0 Å². The van der Waals surface area contributed by atoms with Gasteiger partial charge in [0.05, 0.1) is 4.91 Å². The molecule has 1 amide bonds. The Morgan fingerprint density at radius 3 is 2.48 bits per heavy atom. The smallest absolute Gasteiger partial charge is 0.303 e. The molecule has 2 aromatic carbocycles. The molecular weight excluding hydrogens is 430 g/mol. The first-order valence-electron chi connectivity index (χ1n) is 10.00. The summed E-state index contributed by atoms with van der Waals surface area (Å²) in [6.45, 7) is 6.79. The molecule has 0 bridgehead atoms. The highest BCUT2D eigenvalue weighted by molar-refractivity contribution is 8.26. The molecule has 0 spiro atoms. The van der Waals surface area contributed by atoms with Gasteiger partial charge in [0.2, 0.25) is 0 Å². The highest BCUT2D eigenvalue weighted by Gasteiger charge is 2.31. The number of hydrogen-bond acceptors (Lipinski definition) is 5. The fourth-order valence-electron chi connectivity index (χ4n) is 3.07. The number of carbonyl (C=O) groups is 2. The van der Waals surface area contributed by atoms with E-state index in [1.54, 1.807) is 6.08 Å². The average Bonchev–Trinajstić information content (AvgIpc) is 2.96. The molecule has 1 N–H and O–H groups in total. The van der Waals surface area contributed by atoms with E-state index in [4.69, 9.17) is 22.1 Å². The maximum atomic E-state index is 12.8. The molecule has 0 aliphatic carbocycles. The molecule has 1 aliphatic rings. The largest absolute Gasteiger partial charge is 0.481 e. The van der Waals surface area contributed by atoms with Gasteiger partial charge in [-0.3, -0.25) is 14.5 Å². The zero-order chi connectivity index (χ0) is 22.6. The lowest BCUT2D eigenvalue weighted by atomic mass is 9.87. The van der Waals surface area contributed by atoms with Gasteiger partial charge in [-0.2, -0.15) is 0 Å². The van der Waals surface area contributed by atoms with E-state index < -0.39 is 5.97 Å². The van der Waals surface area contributed by atoms with Gasteiger partial charge in [0.25, 0.3) is 5.91 Å². The van der Waals surface area contributed by atoms with Gasteiger partial charge < -0.3 is 9.84 Å². The number of hydrogen-bond donors (Lipinski definition) is 1. The summed E-state index contributed by atoms with van der Waals surface area (Å²) in [4.78, 5) is 25.4. The van der Waals surface area contributed by atoms with Gasteiger partial charge in [-0.1, -0.05) is 75.1 Å². The summed E-state index contributed by atoms with van der Waals surface area (Å²) in [6.07, 6.45) is 2.13. The van der Waals surface area contributed by atoms with Crippen molar-refractivity contribution in [3.63, 3.8) is 0 Å². The minimum absolute atomic E-state index is 0.000778. The first-order chi connectivity index (χ1) is 14.6. The van der Waals surface area contributed by atoms with Crippen molar-refractivity contribution in [2.45, 2.75) is 39.0 Å². The van der Waals surface area contributed by atoms with E-state index in [1.807, 2.05) is 36.4 Å². The number of aliphatic carboxylic acids is 1. The van der Waals surface area contributed by atoms with Crippen molar-refractivity contribution in [3.8, 4) is 11.5 Å². The van der Waals surface area contributed by atoms with Crippen LogP contribution in [0.4, 0.5) is 0 Å². The molecule has 0 saturated carbocycles. The number of carboxylic acids is 1. The SMILES string of the molecule is CC(C)(C)c1ccc(Oc2ccccc2C=C2SC(=S)N(CCCC(=O)O)C2=O)cc1. The Morgan fingerprint density at radius 2 is 1.84 bits per heavy atom. The lowest BCUT2D eigenvalue weighted by Crippen LogP contribution is -2.29. The van der Waals surface area contributed by atoms with Gasteiger partial charge in [-0.15, -0.1) is 0 Å². The van der Waals surface area contributed by atoms with E-state index in [0.29, 0.717) is 27.9 Å². The summed E-state index contributed by atoms with van der Waals surface area (Å²) in [7, 11) is 0. The highest BCUT2D eigenvalue weighted by atomic mass is 32.2. The van der Waals surface area contributed by atoms with Gasteiger partial charge in [-0.05, 0) is 41.7 Å². The van der Waals surface area contributed by atoms with Crippen LogP contribution in [0, 0.1) is 0 Å². The Bertz CT molecular complexity index is 1020. The average molecular weight is 456 g/mol. The fourth-order valence-corrected chi connectivity index (χ4v) is 4.36. The third-order valence-electron chi connectivity index (χ3n) is 4.80. The first kappa shape index (κ1) is 23.0. The van der Waals surface area contributed by atoms with Crippen LogP contribution in [0.25, 0.3) is 6.08 Å². The molecule has 0 unspecified atom stereocenters. The Labute approximate surface area is 192 Å². The van der Waals surface area contributed by atoms with Crippen molar-refractivity contribution in [1.29, 1.82) is 0 Å². The van der Waals surface area contributed by atoms with Crippen molar-refractivity contribution in [3.05, 3.63) is 64.6 Å². The Kier molecular flexibility index (Phi) is 7.18. The maximum Gasteiger partial charge on any atom is 0.303 e. The number of ether oxygens (including phenoxy) is 1. The van der Waals surface area contributed by atoms with Crippen molar-refractivity contribution in [2.24, 2.45) is 0 Å². The lowest BCUT2D eigenvalue weighted by molar-refractivity contribution is -0.137. The first-order valence-corrected chi connectivity index (χ1v) is 11.2. The molecule has 5 nitrogen and oxygen atoms in total. The predicted molar refractivity (Wildman–Crippen MR) is 128 cm³/mol. The third-order valence-corrected chi connectivity index (χ3v) is 6.18. The molecule has 1 aliphatic heterocycles. The Morgan fingerprint density at radius 1 is 1.16 bits per heavy atom. The van der Waals surface area contributed by atoms with Gasteiger partial charge >= 0.3 is 5.97 Å². The predicted octanol–water partition coefficient (Wildman–Crippen LogP) is 5.84. The van der Waals surface area contributed by atoms with E-state index >= 15 is 0 Å². The van der Waals surface area contributed by atoms with Gasteiger partial charge in [-0.25, -0.2) is 0 Å². The molecule has 1 saturated heterocycles. The van der Waals surface area contributed by atoms with Crippen LogP contribution in [-0.4, -0.2) is 32.7 Å². The minimum atomic E-state index is -0.886. The number of benzene rings is 2. The number of thioether (sulfide) groups is 1. The second-order valence-corrected chi connectivity index (χ2v) is 9.92. The number of amides is 1. The molecule has 2 aromatic rings. The summed E-state index contributed by atoms with van der Waals surface area (Å²) in [5.74, 6) is 0.268. The van der Waals surface area contributed by atoms with E-state index in [2.05, 4.69) is 32.9 Å². The van der Waals surface area contributed by atoms with E-state index in [-0.39, 0.29) is 17.7 Å². The third kappa shape index (κ3) is 5.95. The Balaban J connectivity index is 1.77. The Hall–Kier alpha value is -2.64. The molecule has 0 radical (unpaired) electrons. The molecule has 3 rings (SSSR count). The molecule has 0 aromatic heterocycles. The molecule has 1 fully saturated rings. The normalized spacial score (nSPS) is 15.6. The van der Waals surface area contributed by atoms with E-state index in [0.717, 1.165) is 11.3 Å². The fraction of sp³-hybridized carbons (Fsp3) is 0.292. The number of carbonyl (C=O) groups excluding carboxylic acids is 1. The van der Waals surface area contributed by atoms with Crippen LogP contribution in [-0.2, 0) is 15.0 Å². The minimum Gasteiger partial charge on any atom is -0.481 e. The van der Waals surface area contributed by atoms with Crippen molar-refractivity contribution in [1.82, 2.24) is 4.90 Å². The second-order valence-electron chi connectivity index (χ2n) is 8.24. The molecule has 7 heteroatoms. The number of rotatable bonds is 7. The number of carboxylic acid groups (broad SMARTS) is 1. The number of nitrogens with zero attached hydrogens (tertiary/aromatic N) is 1. The van der Waals surface area contributed by atoms with Crippen LogP contribution in [0.3, 0.4) is 0 Å². The molecule has 162 valence electrons. The molecule has 31 heavy (non-hydrogen) atoms. The van der Waals surface area contributed by atoms with E-state index in [9.17, 15) is 9.59 Å². The molecule has 1 heterocycles. The summed E-state index contributed by atoms with van der Waals surface area (Å²) < 4.78 is 6.53. The quantitative estimate of drug-likeness (QED) is 0.418. The summed E-state index contributed by atoms with van der Waals surface area (Å²) >= 11 is 6.54. The maximum absolute atomic E-state index is 12.8. The highest BCUT2D eigenvalue weighted by Crippen LogP contribution is 2.35. The zero-order valence-corrected chi connectivity index (χ0v) is 19.4. The monoisotopic (exact) mass is 455 g/mol. The van der Waals surface area contributed by atoms with Crippen LogP contribution in [0.1, 0.15) is 44.7 Å².